The van der Waals surface area contributed by atoms with E-state index in [0.29, 0.717) is 10.2 Å². The highest BCUT2D eigenvalue weighted by Gasteiger charge is 2.14. The van der Waals surface area contributed by atoms with Gasteiger partial charge in [-0.1, -0.05) is 6.07 Å². The summed E-state index contributed by atoms with van der Waals surface area (Å²) in [6, 6.07) is 13.7. The monoisotopic (exact) mass is 363 g/mol. The zero-order chi connectivity index (χ0) is 19.0. The Morgan fingerprint density at radius 2 is 1.70 bits per heavy atom. The fourth-order valence-corrected chi connectivity index (χ4v) is 2.74. The summed E-state index contributed by atoms with van der Waals surface area (Å²) in [7, 11) is 0. The Hall–Kier alpha value is -3.74. The van der Waals surface area contributed by atoms with Gasteiger partial charge in [0, 0.05) is 34.8 Å². The van der Waals surface area contributed by atoms with Gasteiger partial charge in [-0.15, -0.1) is 0 Å². The summed E-state index contributed by atoms with van der Waals surface area (Å²) < 4.78 is 27.6. The summed E-state index contributed by atoms with van der Waals surface area (Å²) in [5.74, 6) is -2.21. The van der Waals surface area contributed by atoms with Gasteiger partial charge in [0.1, 0.15) is 11.6 Å². The van der Waals surface area contributed by atoms with E-state index in [2.05, 4.69) is 10.1 Å². The number of nitrogens with zero attached hydrogens (tertiary/aromatic N) is 3. The van der Waals surface area contributed by atoms with Gasteiger partial charge in [0.05, 0.1) is 11.2 Å². The maximum Gasteiger partial charge on any atom is 0.281 e. The highest BCUT2D eigenvalue weighted by atomic mass is 19.1. The van der Waals surface area contributed by atoms with E-state index in [4.69, 9.17) is 0 Å². The van der Waals surface area contributed by atoms with Crippen molar-refractivity contribution in [2.75, 3.05) is 0 Å². The molecular formula is C20H11F2N3O2. The predicted octanol–water partition coefficient (Wildman–Crippen LogP) is 3.43. The molecule has 27 heavy (non-hydrogen) atoms. The Labute approximate surface area is 151 Å². The quantitative estimate of drug-likeness (QED) is 0.547. The molecule has 0 unspecified atom stereocenters. The third-order valence-electron chi connectivity index (χ3n) is 4.00. The number of benzene rings is 2. The van der Waals surface area contributed by atoms with Crippen LogP contribution in [0.15, 0.2) is 71.7 Å². The summed E-state index contributed by atoms with van der Waals surface area (Å²) in [4.78, 5) is 29.1. The minimum Gasteiger partial charge on any atom is -0.267 e. The number of halogens is 2. The number of hydrogen-bond donors (Lipinski definition) is 0. The van der Waals surface area contributed by atoms with Gasteiger partial charge in [0.25, 0.3) is 11.5 Å². The molecule has 0 spiro atoms. The van der Waals surface area contributed by atoms with Crippen molar-refractivity contribution in [1.82, 2.24) is 14.8 Å². The predicted molar refractivity (Wildman–Crippen MR) is 95.3 cm³/mol. The van der Waals surface area contributed by atoms with Crippen molar-refractivity contribution in [3.05, 3.63) is 94.4 Å². The van der Waals surface area contributed by atoms with Crippen LogP contribution in [0.25, 0.3) is 22.2 Å². The Bertz CT molecular complexity index is 1230. The molecule has 2 aromatic heterocycles. The van der Waals surface area contributed by atoms with Crippen molar-refractivity contribution in [3.8, 4) is 11.3 Å². The van der Waals surface area contributed by atoms with E-state index in [-0.39, 0.29) is 16.8 Å². The first-order valence-electron chi connectivity index (χ1n) is 7.97. The molecule has 0 amide bonds. The number of aromatic nitrogens is 3. The summed E-state index contributed by atoms with van der Waals surface area (Å²) in [5.41, 5.74) is 0.526. The zero-order valence-corrected chi connectivity index (χ0v) is 13.8. The van der Waals surface area contributed by atoms with Crippen LogP contribution in [0.4, 0.5) is 8.78 Å². The molecule has 0 saturated carbocycles. The SMILES string of the molecule is O=C(c1ccc2ncccc2c1)n1nc(-c2cc(F)cc(F)c2)ccc1=O. The van der Waals surface area contributed by atoms with E-state index in [1.165, 1.54) is 6.07 Å². The number of hydrogen-bond acceptors (Lipinski definition) is 4. The Morgan fingerprint density at radius 1 is 0.926 bits per heavy atom. The van der Waals surface area contributed by atoms with Crippen molar-refractivity contribution in [1.29, 1.82) is 0 Å². The van der Waals surface area contributed by atoms with Crippen molar-refractivity contribution in [2.24, 2.45) is 0 Å². The summed E-state index contributed by atoms with van der Waals surface area (Å²) in [6.07, 6.45) is 1.64. The molecule has 2 aromatic carbocycles. The van der Waals surface area contributed by atoms with Crippen LogP contribution in [-0.4, -0.2) is 20.7 Å². The van der Waals surface area contributed by atoms with Crippen LogP contribution in [0.2, 0.25) is 0 Å². The largest absolute Gasteiger partial charge is 0.281 e. The number of pyridine rings is 1. The number of rotatable bonds is 2. The molecule has 0 aliphatic carbocycles. The van der Waals surface area contributed by atoms with Gasteiger partial charge in [-0.05, 0) is 42.5 Å². The number of carbonyl (C=O) groups excluding carboxylic acids is 1. The minimum atomic E-state index is -0.780. The molecule has 0 saturated heterocycles. The van der Waals surface area contributed by atoms with E-state index < -0.39 is 23.1 Å². The van der Waals surface area contributed by atoms with Crippen LogP contribution >= 0.6 is 0 Å². The molecular weight excluding hydrogens is 352 g/mol. The number of fused-ring (bicyclic) bond motifs is 1. The van der Waals surface area contributed by atoms with Crippen molar-refractivity contribution in [3.63, 3.8) is 0 Å². The molecule has 132 valence electrons. The summed E-state index contributed by atoms with van der Waals surface area (Å²) in [5, 5.41) is 4.72. The molecule has 0 atom stereocenters. The first-order chi connectivity index (χ1) is 13.0. The summed E-state index contributed by atoms with van der Waals surface area (Å²) in [6.45, 7) is 0. The van der Waals surface area contributed by atoms with Gasteiger partial charge in [0.2, 0.25) is 0 Å². The smallest absolute Gasteiger partial charge is 0.267 e. The van der Waals surface area contributed by atoms with Gasteiger partial charge in [-0.3, -0.25) is 14.6 Å². The summed E-state index contributed by atoms with van der Waals surface area (Å²) >= 11 is 0. The lowest BCUT2D eigenvalue weighted by atomic mass is 10.1. The second-order valence-corrected chi connectivity index (χ2v) is 5.84. The van der Waals surface area contributed by atoms with Crippen molar-refractivity contribution in [2.45, 2.75) is 0 Å². The highest BCUT2D eigenvalue weighted by molar-refractivity contribution is 5.98. The van der Waals surface area contributed by atoms with Crippen LogP contribution in [0.5, 0.6) is 0 Å². The molecule has 4 aromatic rings. The third-order valence-corrected chi connectivity index (χ3v) is 4.00. The standard InChI is InChI=1S/C20H11F2N3O2/c21-15-9-14(10-16(22)11-15)18-5-6-19(26)25(24-18)20(27)13-3-4-17-12(8-13)2-1-7-23-17/h1-11H. The topological polar surface area (TPSA) is 64.8 Å². The zero-order valence-electron chi connectivity index (χ0n) is 13.8. The van der Waals surface area contributed by atoms with Crippen LogP contribution in [0, 0.1) is 11.6 Å². The van der Waals surface area contributed by atoms with Crippen LogP contribution in [-0.2, 0) is 0 Å². The van der Waals surface area contributed by atoms with Crippen LogP contribution < -0.4 is 5.56 Å². The average Bonchev–Trinajstić information content (AvgIpc) is 2.66. The number of carbonyl (C=O) groups is 1. The van der Waals surface area contributed by atoms with E-state index in [1.807, 2.05) is 0 Å². The molecule has 4 rings (SSSR count). The van der Waals surface area contributed by atoms with E-state index in [9.17, 15) is 18.4 Å². The molecule has 0 aliphatic rings. The molecule has 7 heteroatoms. The van der Waals surface area contributed by atoms with E-state index in [0.717, 1.165) is 29.7 Å². The van der Waals surface area contributed by atoms with Gasteiger partial charge in [0.15, 0.2) is 0 Å². The Kier molecular flexibility index (Phi) is 4.04. The molecule has 0 fully saturated rings. The molecule has 5 nitrogen and oxygen atoms in total. The third kappa shape index (κ3) is 3.22. The Balaban J connectivity index is 1.80. The van der Waals surface area contributed by atoms with Gasteiger partial charge >= 0.3 is 0 Å². The van der Waals surface area contributed by atoms with Crippen LogP contribution in [0.1, 0.15) is 10.4 Å². The van der Waals surface area contributed by atoms with Crippen LogP contribution in [0.3, 0.4) is 0 Å². The van der Waals surface area contributed by atoms with Gasteiger partial charge in [-0.25, -0.2) is 8.78 Å². The maximum absolute atomic E-state index is 13.5. The van der Waals surface area contributed by atoms with E-state index in [1.54, 1.807) is 36.5 Å². The maximum atomic E-state index is 13.5. The van der Waals surface area contributed by atoms with Gasteiger partial charge in [-0.2, -0.15) is 9.78 Å². The lowest BCUT2D eigenvalue weighted by Crippen LogP contribution is -2.29. The van der Waals surface area contributed by atoms with Crippen molar-refractivity contribution < 1.29 is 13.6 Å². The minimum absolute atomic E-state index is 0.101. The highest BCUT2D eigenvalue weighted by Crippen LogP contribution is 2.19. The van der Waals surface area contributed by atoms with Gasteiger partial charge < -0.3 is 0 Å². The lowest BCUT2D eigenvalue weighted by Gasteiger charge is -2.07. The lowest BCUT2D eigenvalue weighted by molar-refractivity contribution is 0.0939. The fourth-order valence-electron chi connectivity index (χ4n) is 2.74. The Morgan fingerprint density at radius 3 is 2.48 bits per heavy atom. The van der Waals surface area contributed by atoms with E-state index >= 15 is 0 Å². The second kappa shape index (κ2) is 6.53. The van der Waals surface area contributed by atoms with Crippen molar-refractivity contribution >= 4 is 16.8 Å². The first-order valence-corrected chi connectivity index (χ1v) is 7.97. The second-order valence-electron chi connectivity index (χ2n) is 5.84. The molecule has 2 heterocycles. The molecule has 0 N–H and O–H groups in total. The molecule has 0 aliphatic heterocycles. The normalized spacial score (nSPS) is 10.9. The average molecular weight is 363 g/mol. The first kappa shape index (κ1) is 16.7. The fraction of sp³-hybridized carbons (Fsp3) is 0. The molecule has 0 bridgehead atoms. The molecule has 0 radical (unpaired) electrons.